The first-order valence-corrected chi connectivity index (χ1v) is 9.34. The van der Waals surface area contributed by atoms with Crippen LogP contribution >= 0.6 is 15.9 Å². The molecule has 0 unspecified atom stereocenters. The van der Waals surface area contributed by atoms with Gasteiger partial charge in [-0.1, -0.05) is 67.0 Å². The predicted octanol–water partition coefficient (Wildman–Crippen LogP) is 5.92. The van der Waals surface area contributed by atoms with Gasteiger partial charge in [0.2, 0.25) is 0 Å². The van der Waals surface area contributed by atoms with Gasteiger partial charge in [-0.15, -0.1) is 0 Å². The van der Waals surface area contributed by atoms with Crippen molar-refractivity contribution in [2.75, 3.05) is 11.9 Å². The van der Waals surface area contributed by atoms with Gasteiger partial charge in [-0.05, 0) is 52.1 Å². The van der Waals surface area contributed by atoms with Crippen LogP contribution in [0.25, 0.3) is 10.8 Å². The molecule has 0 aliphatic carbocycles. The second kappa shape index (κ2) is 7.50. The van der Waals surface area contributed by atoms with Crippen molar-refractivity contribution >= 4 is 38.3 Å². The van der Waals surface area contributed by atoms with Crippen LogP contribution in [0.2, 0.25) is 0 Å². The van der Waals surface area contributed by atoms with Gasteiger partial charge in [-0.3, -0.25) is 4.79 Å². The molecule has 3 aromatic rings. The Morgan fingerprint density at radius 2 is 1.81 bits per heavy atom. The van der Waals surface area contributed by atoms with Crippen molar-refractivity contribution in [1.82, 2.24) is 0 Å². The van der Waals surface area contributed by atoms with E-state index in [1.54, 1.807) is 0 Å². The van der Waals surface area contributed by atoms with Crippen LogP contribution in [-0.2, 0) is 10.2 Å². The zero-order valence-electron chi connectivity index (χ0n) is 15.2. The molecule has 3 rings (SSSR count). The van der Waals surface area contributed by atoms with E-state index < -0.39 is 0 Å². The van der Waals surface area contributed by atoms with E-state index in [-0.39, 0.29) is 17.9 Å². The highest BCUT2D eigenvalue weighted by molar-refractivity contribution is 9.10. The average Bonchev–Trinajstić information content (AvgIpc) is 2.60. The SMILES string of the molecule is CC(C)(C)c1cccc(OCC(=O)Nc2ccc3c(Br)cccc3c2)c1. The van der Waals surface area contributed by atoms with Crippen LogP contribution in [0.3, 0.4) is 0 Å². The van der Waals surface area contributed by atoms with Gasteiger partial charge in [0.15, 0.2) is 6.61 Å². The molecule has 0 spiro atoms. The summed E-state index contributed by atoms with van der Waals surface area (Å²) < 4.78 is 6.70. The molecule has 0 radical (unpaired) electrons. The highest BCUT2D eigenvalue weighted by Crippen LogP contribution is 2.27. The maximum absolute atomic E-state index is 12.2. The van der Waals surface area contributed by atoms with E-state index in [2.05, 4.69) is 48.1 Å². The number of rotatable bonds is 4. The molecule has 0 fully saturated rings. The third-order valence-electron chi connectivity index (χ3n) is 4.18. The minimum Gasteiger partial charge on any atom is -0.484 e. The first kappa shape index (κ1) is 18.5. The van der Waals surface area contributed by atoms with Crippen molar-refractivity contribution < 1.29 is 9.53 Å². The van der Waals surface area contributed by atoms with Crippen molar-refractivity contribution in [2.24, 2.45) is 0 Å². The molecular formula is C22H22BrNO2. The summed E-state index contributed by atoms with van der Waals surface area (Å²) in [6, 6.07) is 19.7. The molecule has 0 saturated heterocycles. The first-order valence-electron chi connectivity index (χ1n) is 8.54. The number of amides is 1. The summed E-state index contributed by atoms with van der Waals surface area (Å²) in [5, 5.41) is 5.07. The predicted molar refractivity (Wildman–Crippen MR) is 111 cm³/mol. The normalized spacial score (nSPS) is 11.4. The van der Waals surface area contributed by atoms with Gasteiger partial charge in [-0.25, -0.2) is 0 Å². The molecule has 26 heavy (non-hydrogen) atoms. The number of benzene rings is 3. The van der Waals surface area contributed by atoms with Gasteiger partial charge in [0.05, 0.1) is 0 Å². The minimum absolute atomic E-state index is 0.0237. The lowest BCUT2D eigenvalue weighted by atomic mass is 9.87. The molecule has 0 aliphatic heterocycles. The summed E-state index contributed by atoms with van der Waals surface area (Å²) >= 11 is 3.54. The van der Waals surface area contributed by atoms with Crippen LogP contribution in [-0.4, -0.2) is 12.5 Å². The quantitative estimate of drug-likeness (QED) is 0.578. The van der Waals surface area contributed by atoms with Gasteiger partial charge >= 0.3 is 0 Å². The van der Waals surface area contributed by atoms with Crippen LogP contribution in [0.15, 0.2) is 65.1 Å². The third kappa shape index (κ3) is 4.44. The van der Waals surface area contributed by atoms with E-state index in [9.17, 15) is 4.79 Å². The standard InChI is InChI=1S/C22H22BrNO2/c1-22(2,3)16-7-5-8-18(13-16)26-14-21(25)24-17-10-11-19-15(12-17)6-4-9-20(19)23/h4-13H,14H2,1-3H3,(H,24,25). The Morgan fingerprint density at radius 1 is 1.04 bits per heavy atom. The number of anilines is 1. The summed E-state index contributed by atoms with van der Waals surface area (Å²) in [7, 11) is 0. The maximum atomic E-state index is 12.2. The Morgan fingerprint density at radius 3 is 2.58 bits per heavy atom. The number of hydrogen-bond acceptors (Lipinski definition) is 2. The van der Waals surface area contributed by atoms with Crippen LogP contribution < -0.4 is 10.1 Å². The highest BCUT2D eigenvalue weighted by atomic mass is 79.9. The lowest BCUT2D eigenvalue weighted by Crippen LogP contribution is -2.20. The van der Waals surface area contributed by atoms with Crippen molar-refractivity contribution in [3.63, 3.8) is 0 Å². The Kier molecular flexibility index (Phi) is 5.33. The molecule has 1 N–H and O–H groups in total. The van der Waals surface area contributed by atoms with Gasteiger partial charge < -0.3 is 10.1 Å². The monoisotopic (exact) mass is 411 g/mol. The molecule has 134 valence electrons. The first-order chi connectivity index (χ1) is 12.3. The molecule has 1 amide bonds. The zero-order chi connectivity index (χ0) is 18.7. The van der Waals surface area contributed by atoms with Crippen LogP contribution in [0, 0.1) is 0 Å². The number of carbonyl (C=O) groups is 1. The van der Waals surface area contributed by atoms with Crippen LogP contribution in [0.1, 0.15) is 26.3 Å². The number of nitrogens with one attached hydrogen (secondary N) is 1. The highest BCUT2D eigenvalue weighted by Gasteiger charge is 2.14. The molecule has 4 heteroatoms. The number of ether oxygens (including phenoxy) is 1. The lowest BCUT2D eigenvalue weighted by Gasteiger charge is -2.19. The van der Waals surface area contributed by atoms with Gasteiger partial charge in [0.1, 0.15) is 5.75 Å². The number of carbonyl (C=O) groups excluding carboxylic acids is 1. The Balaban J connectivity index is 1.64. The van der Waals surface area contributed by atoms with Crippen molar-refractivity contribution in [2.45, 2.75) is 26.2 Å². The van der Waals surface area contributed by atoms with Gasteiger partial charge in [0.25, 0.3) is 5.91 Å². The molecule has 0 saturated carbocycles. The minimum atomic E-state index is -0.180. The van der Waals surface area contributed by atoms with E-state index in [1.165, 1.54) is 5.56 Å². The molecule has 3 aromatic carbocycles. The van der Waals surface area contributed by atoms with Gasteiger partial charge in [0, 0.05) is 10.2 Å². The van der Waals surface area contributed by atoms with Crippen molar-refractivity contribution in [3.05, 3.63) is 70.7 Å². The Bertz CT molecular complexity index is 944. The van der Waals surface area contributed by atoms with Crippen LogP contribution in [0.5, 0.6) is 5.75 Å². The van der Waals surface area contributed by atoms with E-state index in [0.717, 1.165) is 20.9 Å². The lowest BCUT2D eigenvalue weighted by molar-refractivity contribution is -0.118. The maximum Gasteiger partial charge on any atom is 0.262 e. The Labute approximate surface area is 162 Å². The zero-order valence-corrected chi connectivity index (χ0v) is 16.8. The third-order valence-corrected chi connectivity index (χ3v) is 4.87. The number of fused-ring (bicyclic) bond motifs is 1. The second-order valence-corrected chi connectivity index (χ2v) is 8.14. The molecule has 0 bridgehead atoms. The fourth-order valence-corrected chi connectivity index (χ4v) is 3.23. The smallest absolute Gasteiger partial charge is 0.262 e. The van der Waals surface area contributed by atoms with Crippen molar-refractivity contribution in [3.8, 4) is 5.75 Å². The van der Waals surface area contributed by atoms with Gasteiger partial charge in [-0.2, -0.15) is 0 Å². The molecule has 0 atom stereocenters. The van der Waals surface area contributed by atoms with E-state index in [4.69, 9.17) is 4.74 Å². The molecule has 0 heterocycles. The topological polar surface area (TPSA) is 38.3 Å². The summed E-state index contributed by atoms with van der Waals surface area (Å²) in [5.41, 5.74) is 1.98. The van der Waals surface area contributed by atoms with Crippen molar-refractivity contribution in [1.29, 1.82) is 0 Å². The average molecular weight is 412 g/mol. The van der Waals surface area contributed by atoms with E-state index >= 15 is 0 Å². The number of hydrogen-bond donors (Lipinski definition) is 1. The summed E-state index contributed by atoms with van der Waals surface area (Å²) in [6.07, 6.45) is 0. The summed E-state index contributed by atoms with van der Waals surface area (Å²) in [6.45, 7) is 6.43. The van der Waals surface area contributed by atoms with E-state index in [0.29, 0.717) is 5.75 Å². The molecular weight excluding hydrogens is 390 g/mol. The Hall–Kier alpha value is -2.33. The fraction of sp³-hybridized carbons (Fsp3) is 0.227. The van der Waals surface area contributed by atoms with E-state index in [1.807, 2.05) is 54.6 Å². The molecule has 0 aromatic heterocycles. The largest absolute Gasteiger partial charge is 0.484 e. The number of halogens is 1. The fourth-order valence-electron chi connectivity index (χ4n) is 2.72. The van der Waals surface area contributed by atoms with Crippen LogP contribution in [0.4, 0.5) is 5.69 Å². The summed E-state index contributed by atoms with van der Waals surface area (Å²) in [4.78, 5) is 12.2. The molecule has 3 nitrogen and oxygen atoms in total. The summed E-state index contributed by atoms with van der Waals surface area (Å²) in [5.74, 6) is 0.524. The second-order valence-electron chi connectivity index (χ2n) is 7.29. The molecule has 0 aliphatic rings.